The highest BCUT2D eigenvalue weighted by Crippen LogP contribution is 2.18. The van der Waals surface area contributed by atoms with Gasteiger partial charge in [-0.2, -0.15) is 0 Å². The Balaban J connectivity index is 1.64. The molecule has 0 aliphatic carbocycles. The van der Waals surface area contributed by atoms with E-state index in [0.717, 1.165) is 11.1 Å². The Morgan fingerprint density at radius 2 is 1.44 bits per heavy atom. The predicted octanol–water partition coefficient (Wildman–Crippen LogP) is 1.78. The molecule has 2 aromatic carbocycles. The normalized spacial score (nSPS) is 16.4. The summed E-state index contributed by atoms with van der Waals surface area (Å²) in [6, 6.07) is 18.9. The van der Waals surface area contributed by atoms with Gasteiger partial charge in [0.15, 0.2) is 0 Å². The van der Waals surface area contributed by atoms with Crippen molar-refractivity contribution in [1.29, 1.82) is 0 Å². The summed E-state index contributed by atoms with van der Waals surface area (Å²) in [6.45, 7) is 3.29. The highest BCUT2D eigenvalue weighted by atomic mass is 16.3. The van der Waals surface area contributed by atoms with Gasteiger partial charge in [-0.3, -0.25) is 4.90 Å². The van der Waals surface area contributed by atoms with Crippen molar-refractivity contribution in [3.05, 3.63) is 71.8 Å². The van der Waals surface area contributed by atoms with E-state index in [1.807, 2.05) is 65.6 Å². The van der Waals surface area contributed by atoms with Crippen molar-refractivity contribution in [3.8, 4) is 0 Å². The summed E-state index contributed by atoms with van der Waals surface area (Å²) >= 11 is 0. The lowest BCUT2D eigenvalue weighted by Gasteiger charge is -2.29. The van der Waals surface area contributed by atoms with Gasteiger partial charge in [0, 0.05) is 39.3 Å². The van der Waals surface area contributed by atoms with E-state index in [1.165, 1.54) is 0 Å². The molecule has 1 aliphatic rings. The number of benzene rings is 2. The van der Waals surface area contributed by atoms with Crippen LogP contribution in [0.4, 0.5) is 4.79 Å². The first-order valence-electron chi connectivity index (χ1n) is 9.34. The molecule has 0 bridgehead atoms. The first-order valence-corrected chi connectivity index (χ1v) is 9.34. The van der Waals surface area contributed by atoms with E-state index in [1.54, 1.807) is 4.90 Å². The number of carbonyl (C=O) groups is 1. The lowest BCUT2D eigenvalue weighted by atomic mass is 10.1. The number of urea groups is 1. The minimum absolute atomic E-state index is 0.0536. The standard InChI is InChI=1S/C21H27N3O3/c25-19(17-7-3-1-4-8-17)15-23(13-14-24-12-11-22-21(24)27)16-20(26)18-9-5-2-6-10-18/h1-10,19-20,25-26H,11-16H2,(H,22,27)/t19-,20-/m1/s1. The Morgan fingerprint density at radius 3 is 1.89 bits per heavy atom. The number of nitrogens with zero attached hydrogens (tertiary/aromatic N) is 2. The van der Waals surface area contributed by atoms with Crippen molar-refractivity contribution < 1.29 is 15.0 Å². The fraction of sp³-hybridized carbons (Fsp3) is 0.381. The van der Waals surface area contributed by atoms with E-state index in [0.29, 0.717) is 39.3 Å². The number of hydrogen-bond donors (Lipinski definition) is 3. The maximum absolute atomic E-state index is 11.8. The van der Waals surface area contributed by atoms with Crippen LogP contribution in [0.15, 0.2) is 60.7 Å². The van der Waals surface area contributed by atoms with E-state index in [9.17, 15) is 15.0 Å². The Hall–Kier alpha value is -2.41. The molecule has 1 fully saturated rings. The van der Waals surface area contributed by atoms with Crippen LogP contribution in [0.5, 0.6) is 0 Å². The third kappa shape index (κ3) is 5.53. The summed E-state index contributed by atoms with van der Waals surface area (Å²) in [7, 11) is 0. The summed E-state index contributed by atoms with van der Waals surface area (Å²) in [5.74, 6) is 0. The van der Waals surface area contributed by atoms with Crippen molar-refractivity contribution in [2.75, 3.05) is 39.3 Å². The molecule has 0 radical (unpaired) electrons. The van der Waals surface area contributed by atoms with Crippen molar-refractivity contribution in [3.63, 3.8) is 0 Å². The molecule has 27 heavy (non-hydrogen) atoms. The Morgan fingerprint density at radius 1 is 0.926 bits per heavy atom. The second-order valence-corrected chi connectivity index (χ2v) is 6.83. The SMILES string of the molecule is O=C1NCCN1CCN(C[C@@H](O)c1ccccc1)C[C@@H](O)c1ccccc1. The molecule has 2 aromatic rings. The first kappa shape index (κ1) is 19.4. The number of amides is 2. The van der Waals surface area contributed by atoms with Gasteiger partial charge in [-0.05, 0) is 11.1 Å². The molecule has 0 saturated carbocycles. The van der Waals surface area contributed by atoms with Gasteiger partial charge in [-0.25, -0.2) is 4.79 Å². The van der Waals surface area contributed by atoms with Crippen molar-refractivity contribution in [2.24, 2.45) is 0 Å². The van der Waals surface area contributed by atoms with Crippen molar-refractivity contribution in [1.82, 2.24) is 15.1 Å². The molecule has 1 heterocycles. The fourth-order valence-corrected chi connectivity index (χ4v) is 3.29. The first-order chi connectivity index (χ1) is 13.1. The zero-order chi connectivity index (χ0) is 19.1. The van der Waals surface area contributed by atoms with E-state index in [-0.39, 0.29) is 6.03 Å². The summed E-state index contributed by atoms with van der Waals surface area (Å²) in [5, 5.41) is 24.0. The third-order valence-corrected chi connectivity index (χ3v) is 4.86. The largest absolute Gasteiger partial charge is 0.387 e. The number of aliphatic hydroxyl groups is 2. The smallest absolute Gasteiger partial charge is 0.317 e. The number of hydrogen-bond acceptors (Lipinski definition) is 4. The fourth-order valence-electron chi connectivity index (χ4n) is 3.29. The van der Waals surface area contributed by atoms with E-state index in [2.05, 4.69) is 5.32 Å². The Kier molecular flexibility index (Phi) is 6.81. The maximum atomic E-state index is 11.8. The molecule has 3 rings (SSSR count). The monoisotopic (exact) mass is 369 g/mol. The zero-order valence-electron chi connectivity index (χ0n) is 15.4. The van der Waals surface area contributed by atoms with Crippen LogP contribution in [0.2, 0.25) is 0 Å². The van der Waals surface area contributed by atoms with Crippen LogP contribution >= 0.6 is 0 Å². The highest BCUT2D eigenvalue weighted by molar-refractivity contribution is 5.76. The molecule has 0 spiro atoms. The molecular weight excluding hydrogens is 342 g/mol. The molecule has 144 valence electrons. The van der Waals surface area contributed by atoms with Crippen LogP contribution < -0.4 is 5.32 Å². The highest BCUT2D eigenvalue weighted by Gasteiger charge is 2.22. The van der Waals surface area contributed by atoms with Crippen molar-refractivity contribution in [2.45, 2.75) is 12.2 Å². The number of aliphatic hydroxyl groups excluding tert-OH is 2. The molecule has 2 amide bonds. The molecule has 6 nitrogen and oxygen atoms in total. The molecule has 6 heteroatoms. The summed E-state index contributed by atoms with van der Waals surface area (Å²) in [6.07, 6.45) is -1.30. The van der Waals surface area contributed by atoms with E-state index < -0.39 is 12.2 Å². The van der Waals surface area contributed by atoms with Gasteiger partial charge < -0.3 is 20.4 Å². The summed E-state index contributed by atoms with van der Waals surface area (Å²) in [4.78, 5) is 15.5. The van der Waals surface area contributed by atoms with Crippen LogP contribution in [-0.4, -0.2) is 65.3 Å². The van der Waals surface area contributed by atoms with Crippen LogP contribution in [-0.2, 0) is 0 Å². The van der Waals surface area contributed by atoms with Crippen LogP contribution in [0.1, 0.15) is 23.3 Å². The van der Waals surface area contributed by atoms with Gasteiger partial charge in [0.2, 0.25) is 0 Å². The van der Waals surface area contributed by atoms with Gasteiger partial charge in [-0.15, -0.1) is 0 Å². The van der Waals surface area contributed by atoms with Gasteiger partial charge in [-0.1, -0.05) is 60.7 Å². The van der Waals surface area contributed by atoms with Gasteiger partial charge in [0.05, 0.1) is 12.2 Å². The number of nitrogens with one attached hydrogen (secondary N) is 1. The quantitative estimate of drug-likeness (QED) is 0.630. The second kappa shape index (κ2) is 9.50. The summed E-state index contributed by atoms with van der Waals surface area (Å²) < 4.78 is 0. The molecule has 2 atom stereocenters. The van der Waals surface area contributed by atoms with Gasteiger partial charge in [0.25, 0.3) is 0 Å². The third-order valence-electron chi connectivity index (χ3n) is 4.86. The van der Waals surface area contributed by atoms with Crippen molar-refractivity contribution >= 4 is 6.03 Å². The number of rotatable bonds is 9. The Bertz CT molecular complexity index is 664. The van der Waals surface area contributed by atoms with Crippen LogP contribution in [0, 0.1) is 0 Å². The topological polar surface area (TPSA) is 76.0 Å². The predicted molar refractivity (Wildman–Crippen MR) is 104 cm³/mol. The average molecular weight is 369 g/mol. The van der Waals surface area contributed by atoms with Crippen LogP contribution in [0.25, 0.3) is 0 Å². The molecular formula is C21H27N3O3. The molecule has 1 aliphatic heterocycles. The summed E-state index contributed by atoms with van der Waals surface area (Å²) in [5.41, 5.74) is 1.69. The lowest BCUT2D eigenvalue weighted by molar-refractivity contribution is 0.0655. The second-order valence-electron chi connectivity index (χ2n) is 6.83. The number of carbonyl (C=O) groups excluding carboxylic acids is 1. The average Bonchev–Trinajstić information content (AvgIpc) is 3.12. The van der Waals surface area contributed by atoms with E-state index >= 15 is 0 Å². The zero-order valence-corrected chi connectivity index (χ0v) is 15.4. The van der Waals surface area contributed by atoms with Gasteiger partial charge >= 0.3 is 6.03 Å². The van der Waals surface area contributed by atoms with Gasteiger partial charge in [0.1, 0.15) is 0 Å². The Labute approximate surface area is 160 Å². The molecule has 1 saturated heterocycles. The maximum Gasteiger partial charge on any atom is 0.317 e. The minimum Gasteiger partial charge on any atom is -0.387 e. The molecule has 3 N–H and O–H groups in total. The minimum atomic E-state index is -0.651. The van der Waals surface area contributed by atoms with Crippen LogP contribution in [0.3, 0.4) is 0 Å². The lowest BCUT2D eigenvalue weighted by Crippen LogP contribution is -2.40. The van der Waals surface area contributed by atoms with E-state index in [4.69, 9.17) is 0 Å². The molecule has 0 unspecified atom stereocenters. The molecule has 0 aromatic heterocycles.